The summed E-state index contributed by atoms with van der Waals surface area (Å²) in [6.07, 6.45) is 5.40. The van der Waals surface area contributed by atoms with E-state index in [4.69, 9.17) is 0 Å². The van der Waals surface area contributed by atoms with Crippen LogP contribution >= 0.6 is 0 Å². The monoisotopic (exact) mass is 308 g/mol. The molecule has 1 aliphatic carbocycles. The van der Waals surface area contributed by atoms with Crippen LogP contribution in [0.2, 0.25) is 0 Å². The zero-order valence-corrected chi connectivity index (χ0v) is 13.1. The van der Waals surface area contributed by atoms with Crippen LogP contribution in [-0.2, 0) is 16.1 Å². The third kappa shape index (κ3) is 2.42. The molecular formula is C19H20N2O2. The Morgan fingerprint density at radius 3 is 2.61 bits per heavy atom. The Balaban J connectivity index is 1.60. The lowest BCUT2D eigenvalue weighted by Gasteiger charge is -2.30. The summed E-state index contributed by atoms with van der Waals surface area (Å²) in [6, 6.07) is 11.8. The number of carbonyl (C=O) groups excluding carboxylic acids is 2. The molecule has 1 aromatic carbocycles. The molecule has 1 saturated carbocycles. The van der Waals surface area contributed by atoms with Crippen LogP contribution in [0, 0.1) is 5.41 Å². The summed E-state index contributed by atoms with van der Waals surface area (Å²) in [6.45, 7) is 0.296. The van der Waals surface area contributed by atoms with Crippen LogP contribution in [-0.4, -0.2) is 21.7 Å². The van der Waals surface area contributed by atoms with Gasteiger partial charge in [0.25, 0.3) is 0 Å². The quantitative estimate of drug-likeness (QED) is 0.799. The lowest BCUT2D eigenvalue weighted by atomic mass is 9.73. The van der Waals surface area contributed by atoms with E-state index in [1.54, 1.807) is 0 Å². The smallest absolute Gasteiger partial charge is 0.236 e. The number of hydrogen-bond acceptors (Lipinski definition) is 3. The minimum Gasteiger partial charge on any atom is -0.276 e. The normalized spacial score (nSPS) is 20.6. The zero-order chi connectivity index (χ0) is 15.9. The Morgan fingerprint density at radius 1 is 1.00 bits per heavy atom. The first-order valence-electron chi connectivity index (χ1n) is 8.37. The van der Waals surface area contributed by atoms with Gasteiger partial charge in [-0.2, -0.15) is 0 Å². The number of para-hydroxylation sites is 1. The summed E-state index contributed by atoms with van der Waals surface area (Å²) < 4.78 is 0. The summed E-state index contributed by atoms with van der Waals surface area (Å²) in [7, 11) is 0. The average Bonchev–Trinajstić information content (AvgIpc) is 2.80. The molecule has 0 unspecified atom stereocenters. The van der Waals surface area contributed by atoms with E-state index >= 15 is 0 Å². The molecule has 1 spiro atoms. The minimum absolute atomic E-state index is 0.0251. The van der Waals surface area contributed by atoms with Crippen molar-refractivity contribution in [2.45, 2.75) is 45.1 Å². The second kappa shape index (κ2) is 5.44. The molecule has 4 rings (SSSR count). The number of carbonyl (C=O) groups is 2. The molecule has 1 aromatic heterocycles. The van der Waals surface area contributed by atoms with Crippen LogP contribution in [0.3, 0.4) is 0 Å². The number of rotatable bonds is 2. The molecule has 0 atom stereocenters. The molecule has 2 amide bonds. The van der Waals surface area contributed by atoms with Crippen LogP contribution < -0.4 is 0 Å². The SMILES string of the molecule is O=C1CC2(CCCCC2)C(=O)N1Cc1ccc2ccccc2n1. The van der Waals surface area contributed by atoms with Gasteiger partial charge in [0.2, 0.25) is 11.8 Å². The van der Waals surface area contributed by atoms with Crippen LogP contribution in [0.15, 0.2) is 36.4 Å². The van der Waals surface area contributed by atoms with Gasteiger partial charge in [-0.05, 0) is 25.0 Å². The zero-order valence-electron chi connectivity index (χ0n) is 13.1. The fraction of sp³-hybridized carbons (Fsp3) is 0.421. The van der Waals surface area contributed by atoms with Gasteiger partial charge in [0.1, 0.15) is 0 Å². The van der Waals surface area contributed by atoms with Crippen molar-refractivity contribution in [3.8, 4) is 0 Å². The van der Waals surface area contributed by atoms with Crippen LogP contribution in [0.5, 0.6) is 0 Å². The van der Waals surface area contributed by atoms with E-state index in [0.717, 1.165) is 42.3 Å². The highest BCUT2D eigenvalue weighted by Crippen LogP contribution is 2.45. The molecule has 118 valence electrons. The highest BCUT2D eigenvalue weighted by atomic mass is 16.2. The fourth-order valence-electron chi connectivity index (χ4n) is 4.00. The van der Waals surface area contributed by atoms with Gasteiger partial charge >= 0.3 is 0 Å². The fourth-order valence-corrected chi connectivity index (χ4v) is 4.00. The van der Waals surface area contributed by atoms with Crippen molar-refractivity contribution in [3.05, 3.63) is 42.1 Å². The summed E-state index contributed by atoms with van der Waals surface area (Å²) in [5.74, 6) is -0.0102. The van der Waals surface area contributed by atoms with E-state index in [-0.39, 0.29) is 11.8 Å². The largest absolute Gasteiger partial charge is 0.276 e. The maximum Gasteiger partial charge on any atom is 0.236 e. The van der Waals surface area contributed by atoms with Gasteiger partial charge in [-0.3, -0.25) is 19.5 Å². The maximum atomic E-state index is 12.8. The van der Waals surface area contributed by atoms with Crippen molar-refractivity contribution in [1.82, 2.24) is 9.88 Å². The van der Waals surface area contributed by atoms with Crippen LogP contribution in [0.4, 0.5) is 0 Å². The highest BCUT2D eigenvalue weighted by molar-refractivity contribution is 6.05. The summed E-state index contributed by atoms with van der Waals surface area (Å²) in [4.78, 5) is 31.3. The number of aromatic nitrogens is 1. The van der Waals surface area contributed by atoms with E-state index in [1.807, 2.05) is 36.4 Å². The van der Waals surface area contributed by atoms with E-state index in [9.17, 15) is 9.59 Å². The van der Waals surface area contributed by atoms with Crippen LogP contribution in [0.25, 0.3) is 10.9 Å². The first-order chi connectivity index (χ1) is 11.2. The summed E-state index contributed by atoms with van der Waals surface area (Å²) in [5.41, 5.74) is 1.27. The number of likely N-dealkylation sites (tertiary alicyclic amines) is 1. The third-order valence-electron chi connectivity index (χ3n) is 5.28. The average molecular weight is 308 g/mol. The number of amides is 2. The second-order valence-corrected chi connectivity index (χ2v) is 6.80. The van der Waals surface area contributed by atoms with E-state index in [0.29, 0.717) is 13.0 Å². The van der Waals surface area contributed by atoms with Crippen molar-refractivity contribution in [3.63, 3.8) is 0 Å². The predicted molar refractivity (Wildman–Crippen MR) is 87.4 cm³/mol. The number of imide groups is 1. The molecule has 4 heteroatoms. The molecule has 2 aliphatic rings. The summed E-state index contributed by atoms with van der Waals surface area (Å²) >= 11 is 0. The number of benzene rings is 1. The molecule has 2 aromatic rings. The topological polar surface area (TPSA) is 50.3 Å². The van der Waals surface area contributed by atoms with Gasteiger partial charge in [0.15, 0.2) is 0 Å². The van der Waals surface area contributed by atoms with Gasteiger partial charge in [-0.1, -0.05) is 43.5 Å². The molecule has 2 heterocycles. The third-order valence-corrected chi connectivity index (χ3v) is 5.28. The lowest BCUT2D eigenvalue weighted by Crippen LogP contribution is -2.36. The molecule has 0 N–H and O–H groups in total. The highest BCUT2D eigenvalue weighted by Gasteiger charge is 2.51. The molecule has 2 fully saturated rings. The number of hydrogen-bond donors (Lipinski definition) is 0. The predicted octanol–water partition coefficient (Wildman–Crippen LogP) is 3.44. The second-order valence-electron chi connectivity index (χ2n) is 6.80. The van der Waals surface area contributed by atoms with E-state index in [2.05, 4.69) is 4.98 Å². The van der Waals surface area contributed by atoms with E-state index < -0.39 is 5.41 Å². The van der Waals surface area contributed by atoms with Crippen molar-refractivity contribution >= 4 is 22.7 Å². The summed E-state index contributed by atoms with van der Waals surface area (Å²) in [5, 5.41) is 1.07. The molecule has 0 radical (unpaired) electrons. The minimum atomic E-state index is -0.411. The molecule has 1 saturated heterocycles. The first-order valence-corrected chi connectivity index (χ1v) is 8.37. The Labute approximate surface area is 135 Å². The van der Waals surface area contributed by atoms with Crippen molar-refractivity contribution < 1.29 is 9.59 Å². The van der Waals surface area contributed by atoms with E-state index in [1.165, 1.54) is 11.3 Å². The van der Waals surface area contributed by atoms with Crippen molar-refractivity contribution in [2.24, 2.45) is 5.41 Å². The van der Waals surface area contributed by atoms with Gasteiger partial charge in [0, 0.05) is 11.8 Å². The number of nitrogens with zero attached hydrogens (tertiary/aromatic N) is 2. The lowest BCUT2D eigenvalue weighted by molar-refractivity contribution is -0.143. The molecule has 23 heavy (non-hydrogen) atoms. The van der Waals surface area contributed by atoms with Gasteiger partial charge in [-0.25, -0.2) is 0 Å². The molecule has 0 bridgehead atoms. The van der Waals surface area contributed by atoms with Crippen molar-refractivity contribution in [2.75, 3.05) is 0 Å². The van der Waals surface area contributed by atoms with Gasteiger partial charge < -0.3 is 0 Å². The molecular weight excluding hydrogens is 288 g/mol. The van der Waals surface area contributed by atoms with Crippen molar-refractivity contribution in [1.29, 1.82) is 0 Å². The van der Waals surface area contributed by atoms with Crippen LogP contribution in [0.1, 0.15) is 44.2 Å². The van der Waals surface area contributed by atoms with Gasteiger partial charge in [0.05, 0.1) is 23.2 Å². The Morgan fingerprint density at radius 2 is 1.78 bits per heavy atom. The number of fused-ring (bicyclic) bond motifs is 1. The standard InChI is InChI=1S/C19H20N2O2/c22-17-12-19(10-4-1-5-11-19)18(23)21(17)13-15-9-8-14-6-2-3-7-16(14)20-15/h2-3,6-9H,1,4-5,10-13H2. The van der Waals surface area contributed by atoms with Gasteiger partial charge in [-0.15, -0.1) is 0 Å². The Bertz CT molecular complexity index is 778. The Kier molecular flexibility index (Phi) is 3.40. The maximum absolute atomic E-state index is 12.8. The number of pyridine rings is 1. The Hall–Kier alpha value is -2.23. The molecule has 1 aliphatic heterocycles. The molecule has 4 nitrogen and oxygen atoms in total. The first kappa shape index (κ1) is 14.4.